The number of aromatic nitrogens is 5. The molecule has 2 aromatic carbocycles. The molecule has 0 bridgehead atoms. The van der Waals surface area contributed by atoms with Crippen LogP contribution in [0.2, 0.25) is 10.0 Å². The van der Waals surface area contributed by atoms with Gasteiger partial charge in [0, 0.05) is 60.1 Å². The molecule has 14 nitrogen and oxygen atoms in total. The van der Waals surface area contributed by atoms with Gasteiger partial charge in [-0.2, -0.15) is 4.98 Å². The quantitative estimate of drug-likeness (QED) is 0.0642. The van der Waals surface area contributed by atoms with E-state index in [0.717, 1.165) is 85.9 Å². The number of carbonyl (C=O) groups excluding carboxylic acids is 2. The zero-order valence-corrected chi connectivity index (χ0v) is 33.6. The molecule has 56 heavy (non-hydrogen) atoms. The molecule has 2 aliphatic rings. The van der Waals surface area contributed by atoms with Crippen molar-refractivity contribution in [2.24, 2.45) is 5.73 Å². The van der Waals surface area contributed by atoms with Crippen LogP contribution in [-0.2, 0) is 29.2 Å². The number of benzene rings is 2. The molecule has 16 heteroatoms. The van der Waals surface area contributed by atoms with Crippen LogP contribution in [0.15, 0.2) is 48.7 Å². The number of anilines is 2. The van der Waals surface area contributed by atoms with Gasteiger partial charge in [-0.15, -0.1) is 5.10 Å². The highest BCUT2D eigenvalue weighted by Crippen LogP contribution is 2.26. The van der Waals surface area contributed by atoms with E-state index in [9.17, 15) is 9.59 Å². The summed E-state index contributed by atoms with van der Waals surface area (Å²) < 4.78 is 1.89. The van der Waals surface area contributed by atoms with Crippen molar-refractivity contribution in [2.75, 3.05) is 43.4 Å². The minimum Gasteiger partial charge on any atom is -0.367 e. The van der Waals surface area contributed by atoms with E-state index in [1.807, 2.05) is 40.0 Å². The highest BCUT2D eigenvalue weighted by atomic mass is 35.5. The summed E-state index contributed by atoms with van der Waals surface area (Å²) in [5.41, 5.74) is 8.51. The predicted octanol–water partition coefficient (Wildman–Crippen LogP) is 5.26. The summed E-state index contributed by atoms with van der Waals surface area (Å²) in [4.78, 5) is 37.1. The number of aryl methyl sites for hydroxylation is 1. The van der Waals surface area contributed by atoms with Crippen molar-refractivity contribution in [3.63, 3.8) is 0 Å². The molecule has 0 spiro atoms. The Labute approximate surface area is 339 Å². The molecule has 0 unspecified atom stereocenters. The summed E-state index contributed by atoms with van der Waals surface area (Å²) in [5, 5.41) is 27.6. The summed E-state index contributed by atoms with van der Waals surface area (Å²) in [6.07, 6.45) is 12.9. The second-order valence-corrected chi connectivity index (χ2v) is 15.7. The van der Waals surface area contributed by atoms with E-state index >= 15 is 0 Å². The highest BCUT2D eigenvalue weighted by Gasteiger charge is 2.25. The third-order valence-corrected chi connectivity index (χ3v) is 11.2. The SMILES string of the molecule is N[C@@H](CCC(=O)N1CCC(Nc2nc(NCc3cn(CCCNCCCNC4CCCCC4)nn3)nc3ccccc23)CC1)C(=O)NCc1ccc(Cl)cc1Cl. The molecule has 302 valence electrons. The zero-order valence-electron chi connectivity index (χ0n) is 32.1. The van der Waals surface area contributed by atoms with Crippen LogP contribution in [0.25, 0.3) is 10.9 Å². The lowest BCUT2D eigenvalue weighted by atomic mass is 9.95. The van der Waals surface area contributed by atoms with Gasteiger partial charge in [-0.3, -0.25) is 14.3 Å². The third-order valence-electron chi connectivity index (χ3n) is 10.6. The Morgan fingerprint density at radius 2 is 1.71 bits per heavy atom. The normalized spacial score (nSPS) is 15.9. The smallest absolute Gasteiger partial charge is 0.237 e. The number of piperidine rings is 1. The average molecular weight is 808 g/mol. The summed E-state index contributed by atoms with van der Waals surface area (Å²) in [7, 11) is 0. The Hall–Kier alpha value is -4.08. The van der Waals surface area contributed by atoms with Crippen molar-refractivity contribution in [1.82, 2.24) is 45.8 Å². The average Bonchev–Trinajstić information content (AvgIpc) is 3.68. The van der Waals surface area contributed by atoms with E-state index in [1.54, 1.807) is 18.2 Å². The minimum absolute atomic E-state index is 0.00646. The number of likely N-dealkylation sites (tertiary alicyclic amines) is 1. The standard InChI is InChI=1S/C40H56Cl2N12O2/c41-29-13-12-28(34(42)24-29)25-46-39(56)35(43)14-15-37(55)53-22-16-31(17-23-53)48-38-33-10-4-5-11-36(33)49-40(50-38)47-26-32-27-54(52-51-32)21-7-19-44-18-6-20-45-30-8-2-1-3-9-30/h4-5,10-13,24,27,30-31,35,44-45H,1-3,6-9,14-23,25-26,43H2,(H,46,56)(H2,47,48,49,50)/t35-/m0/s1. The van der Waals surface area contributed by atoms with E-state index in [4.69, 9.17) is 38.9 Å². The first kappa shape index (κ1) is 41.6. The monoisotopic (exact) mass is 806 g/mol. The third kappa shape index (κ3) is 12.7. The van der Waals surface area contributed by atoms with E-state index in [-0.39, 0.29) is 37.2 Å². The van der Waals surface area contributed by atoms with Crippen LogP contribution in [0.3, 0.4) is 0 Å². The molecule has 1 saturated heterocycles. The number of nitrogens with two attached hydrogens (primary N) is 1. The predicted molar refractivity (Wildman–Crippen MR) is 223 cm³/mol. The first-order valence-corrected chi connectivity index (χ1v) is 20.9. The van der Waals surface area contributed by atoms with E-state index in [0.29, 0.717) is 35.6 Å². The van der Waals surface area contributed by atoms with Gasteiger partial charge in [-0.25, -0.2) is 4.98 Å². The molecule has 3 heterocycles. The summed E-state index contributed by atoms with van der Waals surface area (Å²) in [5.74, 6) is 0.923. The van der Waals surface area contributed by atoms with Crippen LogP contribution in [0.1, 0.15) is 81.9 Å². The van der Waals surface area contributed by atoms with Gasteiger partial charge in [0.2, 0.25) is 17.8 Å². The minimum atomic E-state index is -0.800. The Morgan fingerprint density at radius 1 is 0.911 bits per heavy atom. The van der Waals surface area contributed by atoms with Gasteiger partial charge >= 0.3 is 0 Å². The molecule has 2 amide bonds. The molecule has 0 radical (unpaired) electrons. The molecule has 2 fully saturated rings. The van der Waals surface area contributed by atoms with Crippen molar-refractivity contribution in [2.45, 2.75) is 108 Å². The number of fused-ring (bicyclic) bond motifs is 1. The summed E-state index contributed by atoms with van der Waals surface area (Å²) >= 11 is 12.2. The first-order valence-electron chi connectivity index (χ1n) is 20.2. The molecule has 7 N–H and O–H groups in total. The lowest BCUT2D eigenvalue weighted by molar-refractivity contribution is -0.132. The molecule has 6 rings (SSSR count). The van der Waals surface area contributed by atoms with Crippen molar-refractivity contribution in [1.29, 1.82) is 0 Å². The molecule has 2 aromatic heterocycles. The van der Waals surface area contributed by atoms with Gasteiger partial charge in [0.15, 0.2) is 0 Å². The highest BCUT2D eigenvalue weighted by molar-refractivity contribution is 6.35. The van der Waals surface area contributed by atoms with Crippen LogP contribution >= 0.6 is 23.2 Å². The zero-order chi connectivity index (χ0) is 39.1. The second-order valence-electron chi connectivity index (χ2n) is 14.9. The summed E-state index contributed by atoms with van der Waals surface area (Å²) in [6.45, 7) is 5.75. The lowest BCUT2D eigenvalue weighted by Gasteiger charge is -2.33. The van der Waals surface area contributed by atoms with Crippen LogP contribution in [0, 0.1) is 0 Å². The molecular weight excluding hydrogens is 751 g/mol. The van der Waals surface area contributed by atoms with Crippen LogP contribution in [-0.4, -0.2) is 92.5 Å². The van der Waals surface area contributed by atoms with Crippen molar-refractivity contribution in [3.05, 3.63) is 70.0 Å². The summed E-state index contributed by atoms with van der Waals surface area (Å²) in [6, 6.07) is 13.1. The van der Waals surface area contributed by atoms with E-state index < -0.39 is 6.04 Å². The van der Waals surface area contributed by atoms with Gasteiger partial charge < -0.3 is 37.2 Å². The number of nitrogens with zero attached hydrogens (tertiary/aromatic N) is 6. The maximum Gasteiger partial charge on any atom is 0.237 e. The molecule has 4 aromatic rings. The Bertz CT molecular complexity index is 1860. The number of halogens is 2. The number of amides is 2. The number of carbonyl (C=O) groups is 2. The van der Waals surface area contributed by atoms with Crippen LogP contribution in [0.5, 0.6) is 0 Å². The fourth-order valence-electron chi connectivity index (χ4n) is 7.29. The van der Waals surface area contributed by atoms with Gasteiger partial charge in [0.1, 0.15) is 11.5 Å². The van der Waals surface area contributed by atoms with E-state index in [1.165, 1.54) is 32.1 Å². The Balaban J connectivity index is 0.896. The largest absolute Gasteiger partial charge is 0.367 e. The number of rotatable bonds is 20. The number of hydrogen-bond donors (Lipinski definition) is 6. The van der Waals surface area contributed by atoms with Crippen LogP contribution < -0.4 is 32.3 Å². The number of hydrogen-bond acceptors (Lipinski definition) is 11. The second kappa shape index (κ2) is 21.4. The van der Waals surface area contributed by atoms with Gasteiger partial charge in [0.05, 0.1) is 24.3 Å². The first-order chi connectivity index (χ1) is 27.3. The van der Waals surface area contributed by atoms with Crippen molar-refractivity contribution < 1.29 is 9.59 Å². The molecule has 1 aliphatic heterocycles. The topological polar surface area (TPSA) is 180 Å². The van der Waals surface area contributed by atoms with Gasteiger partial charge in [-0.1, -0.05) is 65.9 Å². The van der Waals surface area contributed by atoms with Crippen LogP contribution in [0.4, 0.5) is 11.8 Å². The number of para-hydroxylation sites is 1. The van der Waals surface area contributed by atoms with Gasteiger partial charge in [-0.05, 0) is 94.4 Å². The molecular formula is C40H56Cl2N12O2. The van der Waals surface area contributed by atoms with Gasteiger partial charge in [0.25, 0.3) is 0 Å². The maximum absolute atomic E-state index is 13.1. The fraction of sp³-hybridized carbons (Fsp3) is 0.550. The molecule has 1 aliphatic carbocycles. The maximum atomic E-state index is 13.1. The Kier molecular flexibility index (Phi) is 15.9. The number of nitrogens with one attached hydrogen (secondary N) is 5. The van der Waals surface area contributed by atoms with Crippen molar-refractivity contribution in [3.8, 4) is 0 Å². The molecule has 1 saturated carbocycles. The fourth-order valence-corrected chi connectivity index (χ4v) is 7.77. The Morgan fingerprint density at radius 3 is 2.54 bits per heavy atom. The van der Waals surface area contributed by atoms with E-state index in [2.05, 4.69) is 36.9 Å². The van der Waals surface area contributed by atoms with Crippen molar-refractivity contribution >= 4 is 57.7 Å². The molecule has 1 atom stereocenters. The lowest BCUT2D eigenvalue weighted by Crippen LogP contribution is -2.44.